The molecule has 0 fully saturated rings. The summed E-state index contributed by atoms with van der Waals surface area (Å²) in [6.45, 7) is 1.74. The van der Waals surface area contributed by atoms with Gasteiger partial charge >= 0.3 is 0 Å². The highest BCUT2D eigenvalue weighted by Crippen LogP contribution is 2.11. The van der Waals surface area contributed by atoms with Gasteiger partial charge in [-0.1, -0.05) is 0 Å². The van der Waals surface area contributed by atoms with Crippen LogP contribution in [0.4, 0.5) is 5.69 Å². The van der Waals surface area contributed by atoms with Gasteiger partial charge in [-0.2, -0.15) is 0 Å². The van der Waals surface area contributed by atoms with Gasteiger partial charge < -0.3 is 0 Å². The molecular weight excluding hydrogens is 176 g/mol. The van der Waals surface area contributed by atoms with E-state index in [-0.39, 0.29) is 0 Å². The van der Waals surface area contributed by atoms with Crippen molar-refractivity contribution in [3.05, 3.63) is 24.0 Å². The molecule has 0 spiro atoms. The number of aryl methyl sites for hydroxylation is 1. The molecule has 0 aliphatic carbocycles. The van der Waals surface area contributed by atoms with E-state index in [9.17, 15) is 8.42 Å². The summed E-state index contributed by atoms with van der Waals surface area (Å²) in [7, 11) is -3.19. The number of sulfonamides is 1. The third-order valence-electron chi connectivity index (χ3n) is 1.30. The van der Waals surface area contributed by atoms with Gasteiger partial charge in [0.2, 0.25) is 10.0 Å². The SMILES string of the molecule is Cc1ncccc1NS(C)(=O)=O. The van der Waals surface area contributed by atoms with Crippen LogP contribution in [0.2, 0.25) is 0 Å². The van der Waals surface area contributed by atoms with Gasteiger partial charge in [0.05, 0.1) is 17.6 Å². The van der Waals surface area contributed by atoms with E-state index in [0.717, 1.165) is 6.26 Å². The maximum absolute atomic E-state index is 10.8. The Kier molecular flexibility index (Phi) is 2.32. The Labute approximate surface area is 71.7 Å². The Balaban J connectivity index is 2.98. The molecule has 1 heterocycles. The zero-order valence-electron chi connectivity index (χ0n) is 6.90. The summed E-state index contributed by atoms with van der Waals surface area (Å²) >= 11 is 0. The van der Waals surface area contributed by atoms with Crippen LogP contribution in [-0.2, 0) is 10.0 Å². The zero-order valence-corrected chi connectivity index (χ0v) is 7.72. The number of nitrogens with zero attached hydrogens (tertiary/aromatic N) is 1. The van der Waals surface area contributed by atoms with Gasteiger partial charge in [0.25, 0.3) is 0 Å². The van der Waals surface area contributed by atoms with Crippen molar-refractivity contribution in [2.75, 3.05) is 11.0 Å². The van der Waals surface area contributed by atoms with Crippen molar-refractivity contribution in [3.8, 4) is 0 Å². The molecule has 1 rings (SSSR count). The standard InChI is InChI=1S/C7H10N2O2S/c1-6-7(4-3-5-8-6)9-12(2,10)11/h3-5,9H,1-2H3. The van der Waals surface area contributed by atoms with E-state index < -0.39 is 10.0 Å². The van der Waals surface area contributed by atoms with Crippen molar-refractivity contribution in [1.29, 1.82) is 0 Å². The molecular formula is C7H10N2O2S. The van der Waals surface area contributed by atoms with Crippen molar-refractivity contribution < 1.29 is 8.42 Å². The first kappa shape index (κ1) is 8.99. The largest absolute Gasteiger partial charge is 0.282 e. The molecule has 0 aromatic carbocycles. The summed E-state index contributed by atoms with van der Waals surface area (Å²) in [6, 6.07) is 3.35. The molecule has 0 radical (unpaired) electrons. The van der Waals surface area contributed by atoms with Gasteiger partial charge in [-0.25, -0.2) is 8.42 Å². The molecule has 0 aliphatic rings. The number of aromatic nitrogens is 1. The first-order valence-electron chi connectivity index (χ1n) is 3.38. The van der Waals surface area contributed by atoms with Crippen LogP contribution in [0.25, 0.3) is 0 Å². The Bertz CT molecular complexity index is 373. The van der Waals surface area contributed by atoms with Crippen LogP contribution >= 0.6 is 0 Å². The number of pyridine rings is 1. The highest BCUT2D eigenvalue weighted by atomic mass is 32.2. The van der Waals surface area contributed by atoms with Crippen LogP contribution < -0.4 is 4.72 Å². The Morgan fingerprint density at radius 2 is 2.17 bits per heavy atom. The summed E-state index contributed by atoms with van der Waals surface area (Å²) in [5.74, 6) is 0. The van der Waals surface area contributed by atoms with Gasteiger partial charge in [-0.15, -0.1) is 0 Å². The minimum absolute atomic E-state index is 0.528. The number of rotatable bonds is 2. The molecule has 66 valence electrons. The number of anilines is 1. The fraction of sp³-hybridized carbons (Fsp3) is 0.286. The fourth-order valence-corrected chi connectivity index (χ4v) is 1.41. The predicted octanol–water partition coefficient (Wildman–Crippen LogP) is 0.762. The van der Waals surface area contributed by atoms with E-state index >= 15 is 0 Å². The van der Waals surface area contributed by atoms with Gasteiger partial charge in [0.1, 0.15) is 0 Å². The smallest absolute Gasteiger partial charge is 0.229 e. The lowest BCUT2D eigenvalue weighted by molar-refractivity contribution is 0.606. The molecule has 0 saturated carbocycles. The van der Waals surface area contributed by atoms with Crippen LogP contribution in [0.15, 0.2) is 18.3 Å². The molecule has 1 N–H and O–H groups in total. The first-order valence-corrected chi connectivity index (χ1v) is 5.27. The topological polar surface area (TPSA) is 59.1 Å². The van der Waals surface area contributed by atoms with E-state index in [2.05, 4.69) is 9.71 Å². The predicted molar refractivity (Wildman–Crippen MR) is 47.4 cm³/mol. The normalized spacial score (nSPS) is 11.2. The van der Waals surface area contributed by atoms with Crippen molar-refractivity contribution in [2.45, 2.75) is 6.92 Å². The fourth-order valence-electron chi connectivity index (χ4n) is 0.792. The van der Waals surface area contributed by atoms with Crippen molar-refractivity contribution in [2.24, 2.45) is 0 Å². The quantitative estimate of drug-likeness (QED) is 0.741. The van der Waals surface area contributed by atoms with Crippen molar-refractivity contribution in [1.82, 2.24) is 4.98 Å². The van der Waals surface area contributed by atoms with Crippen molar-refractivity contribution in [3.63, 3.8) is 0 Å². The van der Waals surface area contributed by atoms with Crippen LogP contribution in [0.5, 0.6) is 0 Å². The molecule has 0 bridgehead atoms. The summed E-state index contributed by atoms with van der Waals surface area (Å²) in [5.41, 5.74) is 1.20. The maximum atomic E-state index is 10.8. The van der Waals surface area contributed by atoms with Crippen molar-refractivity contribution >= 4 is 15.7 Å². The van der Waals surface area contributed by atoms with E-state index in [1.54, 1.807) is 25.3 Å². The Hall–Kier alpha value is -1.10. The second-order valence-corrected chi connectivity index (χ2v) is 4.26. The number of nitrogens with one attached hydrogen (secondary N) is 1. The van der Waals surface area contributed by atoms with Gasteiger partial charge in [0, 0.05) is 6.20 Å². The van der Waals surface area contributed by atoms with E-state index in [1.807, 2.05) is 0 Å². The first-order chi connectivity index (χ1) is 5.49. The summed E-state index contributed by atoms with van der Waals surface area (Å²) in [4.78, 5) is 3.94. The summed E-state index contributed by atoms with van der Waals surface area (Å²) in [5, 5.41) is 0. The molecule has 12 heavy (non-hydrogen) atoms. The third kappa shape index (κ3) is 2.50. The molecule has 1 aromatic rings. The average Bonchev–Trinajstić information content (AvgIpc) is 1.91. The molecule has 5 heteroatoms. The zero-order chi connectivity index (χ0) is 9.19. The molecule has 0 atom stereocenters. The molecule has 1 aromatic heterocycles. The Morgan fingerprint density at radius 1 is 1.50 bits per heavy atom. The van der Waals surface area contributed by atoms with Gasteiger partial charge in [-0.05, 0) is 19.1 Å². The molecule has 0 unspecified atom stereocenters. The van der Waals surface area contributed by atoms with Crippen LogP contribution in [0, 0.1) is 6.92 Å². The molecule has 0 amide bonds. The van der Waals surface area contributed by atoms with Gasteiger partial charge in [0.15, 0.2) is 0 Å². The summed E-state index contributed by atoms with van der Waals surface area (Å²) in [6.07, 6.45) is 2.72. The molecule has 4 nitrogen and oxygen atoms in total. The highest BCUT2D eigenvalue weighted by molar-refractivity contribution is 7.92. The lowest BCUT2D eigenvalue weighted by Gasteiger charge is -2.04. The van der Waals surface area contributed by atoms with E-state index in [1.165, 1.54) is 0 Å². The Morgan fingerprint density at radius 3 is 2.67 bits per heavy atom. The number of hydrogen-bond acceptors (Lipinski definition) is 3. The lowest BCUT2D eigenvalue weighted by atomic mass is 10.3. The minimum Gasteiger partial charge on any atom is -0.282 e. The van der Waals surface area contributed by atoms with Crippen LogP contribution in [0.3, 0.4) is 0 Å². The molecule has 0 aliphatic heterocycles. The minimum atomic E-state index is -3.19. The highest BCUT2D eigenvalue weighted by Gasteiger charge is 2.03. The van der Waals surface area contributed by atoms with E-state index in [0.29, 0.717) is 11.4 Å². The second-order valence-electron chi connectivity index (χ2n) is 2.51. The third-order valence-corrected chi connectivity index (χ3v) is 1.89. The average molecular weight is 186 g/mol. The van der Waals surface area contributed by atoms with Gasteiger partial charge in [-0.3, -0.25) is 9.71 Å². The lowest BCUT2D eigenvalue weighted by Crippen LogP contribution is -2.10. The van der Waals surface area contributed by atoms with E-state index in [4.69, 9.17) is 0 Å². The monoisotopic (exact) mass is 186 g/mol. The summed E-state index contributed by atoms with van der Waals surface area (Å²) < 4.78 is 24.0. The van der Waals surface area contributed by atoms with Crippen LogP contribution in [-0.4, -0.2) is 19.7 Å². The second kappa shape index (κ2) is 3.10. The van der Waals surface area contributed by atoms with Crippen LogP contribution in [0.1, 0.15) is 5.69 Å². The maximum Gasteiger partial charge on any atom is 0.229 e. The molecule has 0 saturated heterocycles. The number of hydrogen-bond donors (Lipinski definition) is 1.